The summed E-state index contributed by atoms with van der Waals surface area (Å²) in [5, 5.41) is 7.02. The van der Waals surface area contributed by atoms with Gasteiger partial charge in [0, 0.05) is 45.6 Å². The van der Waals surface area contributed by atoms with Gasteiger partial charge in [0.1, 0.15) is 5.56 Å². The van der Waals surface area contributed by atoms with Gasteiger partial charge in [-0.3, -0.25) is 9.59 Å². The smallest absolute Gasteiger partial charge is 0.261 e. The number of nitrogens with zero attached hydrogens (tertiary/aromatic N) is 3. The maximum absolute atomic E-state index is 13.0. The summed E-state index contributed by atoms with van der Waals surface area (Å²) in [6, 6.07) is 0. The highest BCUT2D eigenvalue weighted by Crippen LogP contribution is 2.43. The van der Waals surface area contributed by atoms with Crippen LogP contribution in [0.2, 0.25) is 0 Å². The molecular weight excluding hydrogens is 312 g/mol. The molecule has 2 saturated heterocycles. The molecular formula is C16H22N4O4. The van der Waals surface area contributed by atoms with Crippen LogP contribution in [0.1, 0.15) is 23.2 Å². The lowest BCUT2D eigenvalue weighted by molar-refractivity contribution is -0.138. The number of aryl methyl sites for hydroxylation is 1. The molecule has 2 atom stereocenters. The molecule has 1 aromatic rings. The number of fused-ring (bicyclic) bond motifs is 2. The lowest BCUT2D eigenvalue weighted by atomic mass is 9.73. The molecule has 8 nitrogen and oxygen atoms in total. The molecule has 2 fully saturated rings. The Morgan fingerprint density at radius 2 is 2.29 bits per heavy atom. The highest BCUT2D eigenvalue weighted by atomic mass is 16.5. The SMILES string of the molecule is CNC(=O)[C@]12CCOC[C@H]1CN(C(=O)c1cnn3c1OCCC3)C2. The Kier molecular flexibility index (Phi) is 3.71. The molecule has 0 unspecified atom stereocenters. The first-order valence-corrected chi connectivity index (χ1v) is 8.43. The summed E-state index contributed by atoms with van der Waals surface area (Å²) in [7, 11) is 1.65. The van der Waals surface area contributed by atoms with Gasteiger partial charge in [-0.2, -0.15) is 5.10 Å². The molecule has 3 aliphatic heterocycles. The van der Waals surface area contributed by atoms with Crippen molar-refractivity contribution < 1.29 is 19.1 Å². The van der Waals surface area contributed by atoms with Crippen LogP contribution >= 0.6 is 0 Å². The normalized spacial score (nSPS) is 28.7. The Balaban J connectivity index is 1.60. The van der Waals surface area contributed by atoms with E-state index in [1.54, 1.807) is 22.8 Å². The minimum atomic E-state index is -0.545. The van der Waals surface area contributed by atoms with Gasteiger partial charge in [-0.25, -0.2) is 4.68 Å². The van der Waals surface area contributed by atoms with Crippen LogP contribution in [0.4, 0.5) is 0 Å². The van der Waals surface area contributed by atoms with E-state index in [4.69, 9.17) is 9.47 Å². The van der Waals surface area contributed by atoms with Crippen LogP contribution in [0.5, 0.6) is 5.88 Å². The van der Waals surface area contributed by atoms with Gasteiger partial charge in [0.15, 0.2) is 0 Å². The van der Waals surface area contributed by atoms with Gasteiger partial charge in [-0.15, -0.1) is 0 Å². The Labute approximate surface area is 140 Å². The van der Waals surface area contributed by atoms with E-state index < -0.39 is 5.41 Å². The first-order chi connectivity index (χ1) is 11.7. The van der Waals surface area contributed by atoms with Crippen molar-refractivity contribution in [2.45, 2.75) is 19.4 Å². The Morgan fingerprint density at radius 1 is 1.42 bits per heavy atom. The molecule has 4 rings (SSSR count). The number of carbonyl (C=O) groups excluding carboxylic acids is 2. The number of hydrogen-bond acceptors (Lipinski definition) is 5. The summed E-state index contributed by atoms with van der Waals surface area (Å²) >= 11 is 0. The number of carbonyl (C=O) groups is 2. The number of amides is 2. The van der Waals surface area contributed by atoms with Gasteiger partial charge in [0.25, 0.3) is 5.91 Å². The van der Waals surface area contributed by atoms with E-state index >= 15 is 0 Å². The van der Waals surface area contributed by atoms with Crippen molar-refractivity contribution in [3.8, 4) is 5.88 Å². The molecule has 0 saturated carbocycles. The monoisotopic (exact) mass is 334 g/mol. The Morgan fingerprint density at radius 3 is 3.12 bits per heavy atom. The molecule has 4 heterocycles. The highest BCUT2D eigenvalue weighted by Gasteiger charge is 2.54. The van der Waals surface area contributed by atoms with Crippen molar-refractivity contribution in [1.82, 2.24) is 20.0 Å². The van der Waals surface area contributed by atoms with Gasteiger partial charge in [-0.05, 0) is 6.42 Å². The maximum Gasteiger partial charge on any atom is 0.261 e. The van der Waals surface area contributed by atoms with Crippen molar-refractivity contribution in [2.75, 3.05) is 40.0 Å². The molecule has 3 aliphatic rings. The second-order valence-electron chi connectivity index (χ2n) is 6.73. The molecule has 130 valence electrons. The first kappa shape index (κ1) is 15.4. The highest BCUT2D eigenvalue weighted by molar-refractivity contribution is 5.97. The average molecular weight is 334 g/mol. The van der Waals surface area contributed by atoms with Crippen LogP contribution in [0.25, 0.3) is 0 Å². The van der Waals surface area contributed by atoms with Crippen LogP contribution in [0.15, 0.2) is 6.20 Å². The summed E-state index contributed by atoms with van der Waals surface area (Å²) in [6.45, 7) is 3.38. The molecule has 0 aliphatic carbocycles. The van der Waals surface area contributed by atoms with Crippen molar-refractivity contribution in [2.24, 2.45) is 11.3 Å². The van der Waals surface area contributed by atoms with E-state index in [1.807, 2.05) is 0 Å². The van der Waals surface area contributed by atoms with E-state index in [0.717, 1.165) is 13.0 Å². The second-order valence-corrected chi connectivity index (χ2v) is 6.73. The van der Waals surface area contributed by atoms with Crippen LogP contribution in [-0.4, -0.2) is 66.5 Å². The molecule has 0 spiro atoms. The van der Waals surface area contributed by atoms with Crippen LogP contribution in [-0.2, 0) is 16.1 Å². The predicted octanol–water partition coefficient (Wildman–Crippen LogP) is -0.110. The molecule has 0 radical (unpaired) electrons. The van der Waals surface area contributed by atoms with Crippen LogP contribution in [0.3, 0.4) is 0 Å². The van der Waals surface area contributed by atoms with Crippen LogP contribution in [0, 0.1) is 11.3 Å². The maximum atomic E-state index is 13.0. The fourth-order valence-corrected chi connectivity index (χ4v) is 4.11. The van der Waals surface area contributed by atoms with Crippen molar-refractivity contribution in [1.29, 1.82) is 0 Å². The summed E-state index contributed by atoms with van der Waals surface area (Å²) in [4.78, 5) is 27.3. The molecule has 1 N–H and O–H groups in total. The zero-order valence-electron chi connectivity index (χ0n) is 13.8. The van der Waals surface area contributed by atoms with Crippen molar-refractivity contribution in [3.63, 3.8) is 0 Å². The predicted molar refractivity (Wildman–Crippen MR) is 83.7 cm³/mol. The summed E-state index contributed by atoms with van der Waals surface area (Å²) < 4.78 is 12.9. The molecule has 8 heteroatoms. The van der Waals surface area contributed by atoms with E-state index in [1.165, 1.54) is 0 Å². The minimum Gasteiger partial charge on any atom is -0.477 e. The molecule has 2 amide bonds. The third-order valence-electron chi connectivity index (χ3n) is 5.45. The van der Waals surface area contributed by atoms with E-state index in [0.29, 0.717) is 50.8 Å². The fourth-order valence-electron chi connectivity index (χ4n) is 4.11. The fraction of sp³-hybridized carbons (Fsp3) is 0.688. The number of likely N-dealkylation sites (tertiary alicyclic amines) is 1. The molecule has 0 bridgehead atoms. The largest absolute Gasteiger partial charge is 0.477 e. The Hall–Kier alpha value is -2.09. The first-order valence-electron chi connectivity index (χ1n) is 8.43. The van der Waals surface area contributed by atoms with Gasteiger partial charge in [-0.1, -0.05) is 0 Å². The lowest BCUT2D eigenvalue weighted by Crippen LogP contribution is -2.49. The zero-order chi connectivity index (χ0) is 16.7. The minimum absolute atomic E-state index is 0.000569. The average Bonchev–Trinajstić information content (AvgIpc) is 3.22. The third kappa shape index (κ3) is 2.20. The second kappa shape index (κ2) is 5.77. The summed E-state index contributed by atoms with van der Waals surface area (Å²) in [6.07, 6.45) is 3.11. The molecule has 24 heavy (non-hydrogen) atoms. The summed E-state index contributed by atoms with van der Waals surface area (Å²) in [5.74, 6) is 0.462. The number of hydrogen-bond donors (Lipinski definition) is 1. The topological polar surface area (TPSA) is 85.7 Å². The van der Waals surface area contributed by atoms with Gasteiger partial charge >= 0.3 is 0 Å². The van der Waals surface area contributed by atoms with E-state index in [9.17, 15) is 9.59 Å². The molecule has 1 aromatic heterocycles. The van der Waals surface area contributed by atoms with E-state index in [-0.39, 0.29) is 17.7 Å². The number of aromatic nitrogens is 2. The van der Waals surface area contributed by atoms with Crippen LogP contribution < -0.4 is 10.1 Å². The van der Waals surface area contributed by atoms with Gasteiger partial charge in [0.05, 0.1) is 24.8 Å². The van der Waals surface area contributed by atoms with Crippen molar-refractivity contribution >= 4 is 11.8 Å². The standard InChI is InChI=1S/C16H22N4O4/c1-17-15(22)16-3-6-23-9-11(16)8-19(10-16)13(21)12-7-18-20-4-2-5-24-14(12)20/h7,11H,2-6,8-10H2,1H3,(H,17,22)/t11-,16+/m1/s1. The Bertz CT molecular complexity index is 673. The van der Waals surface area contributed by atoms with Gasteiger partial charge < -0.3 is 19.7 Å². The lowest BCUT2D eigenvalue weighted by Gasteiger charge is -2.36. The van der Waals surface area contributed by atoms with Crippen molar-refractivity contribution in [3.05, 3.63) is 11.8 Å². The molecule has 0 aromatic carbocycles. The summed E-state index contributed by atoms with van der Waals surface area (Å²) in [5.41, 5.74) is -0.0576. The number of rotatable bonds is 2. The third-order valence-corrected chi connectivity index (χ3v) is 5.45. The number of ether oxygens (including phenoxy) is 2. The zero-order valence-corrected chi connectivity index (χ0v) is 13.8. The quantitative estimate of drug-likeness (QED) is 0.816. The van der Waals surface area contributed by atoms with E-state index in [2.05, 4.69) is 10.4 Å². The number of nitrogens with one attached hydrogen (secondary N) is 1. The van der Waals surface area contributed by atoms with Gasteiger partial charge in [0.2, 0.25) is 11.8 Å².